The van der Waals surface area contributed by atoms with Crippen LogP contribution < -0.4 is 18.9 Å². The molecule has 6 nitrogen and oxygen atoms in total. The summed E-state index contributed by atoms with van der Waals surface area (Å²) in [6.45, 7) is 11.7. The summed E-state index contributed by atoms with van der Waals surface area (Å²) in [4.78, 5) is 0. The third-order valence-electron chi connectivity index (χ3n) is 6.78. The van der Waals surface area contributed by atoms with Crippen molar-refractivity contribution in [1.82, 2.24) is 0 Å². The molecule has 0 aliphatic rings. The van der Waals surface area contributed by atoms with Crippen LogP contribution in [0.4, 0.5) is 0 Å². The summed E-state index contributed by atoms with van der Waals surface area (Å²) in [6.07, 6.45) is 10.8. The average Bonchev–Trinajstić information content (AvgIpc) is 3.08. The molecule has 44 heavy (non-hydrogen) atoms. The molecule has 0 heterocycles. The van der Waals surface area contributed by atoms with Gasteiger partial charge in [0.25, 0.3) is 0 Å². The predicted molar refractivity (Wildman–Crippen MR) is 174 cm³/mol. The van der Waals surface area contributed by atoms with E-state index in [1.54, 1.807) is 30.4 Å². The fraction of sp³-hybridized carbons (Fsp3) is 0.158. The van der Waals surface area contributed by atoms with Crippen LogP contribution in [-0.4, -0.2) is 16.8 Å². The summed E-state index contributed by atoms with van der Waals surface area (Å²) >= 11 is 0. The van der Waals surface area contributed by atoms with Gasteiger partial charge in [-0.05, 0) is 52.1 Å². The number of aliphatic hydroxyl groups is 2. The summed E-state index contributed by atoms with van der Waals surface area (Å²) in [7, 11) is 0. The molecule has 4 aromatic carbocycles. The van der Waals surface area contributed by atoms with Gasteiger partial charge in [-0.2, -0.15) is 0 Å². The second kappa shape index (κ2) is 15.9. The first-order chi connectivity index (χ1) is 21.5. The maximum absolute atomic E-state index is 9.98. The van der Waals surface area contributed by atoms with Crippen LogP contribution in [0.15, 0.2) is 98.6 Å². The minimum atomic E-state index is -0.301. The first-order valence-electron chi connectivity index (χ1n) is 14.1. The van der Waals surface area contributed by atoms with Crippen LogP contribution in [0.1, 0.15) is 44.5 Å². The zero-order valence-corrected chi connectivity index (χ0v) is 24.6. The number of ether oxygens (including phenoxy) is 4. The minimum Gasteiger partial charge on any atom is -0.488 e. The molecular formula is C38H36O6. The lowest BCUT2D eigenvalue weighted by Crippen LogP contribution is -2.07. The van der Waals surface area contributed by atoms with Gasteiger partial charge in [-0.15, -0.1) is 6.42 Å². The van der Waals surface area contributed by atoms with Crippen molar-refractivity contribution in [2.24, 2.45) is 0 Å². The topological polar surface area (TPSA) is 77.4 Å². The van der Waals surface area contributed by atoms with E-state index in [0.717, 1.165) is 27.8 Å². The molecule has 2 N–H and O–H groups in total. The van der Waals surface area contributed by atoms with Crippen molar-refractivity contribution in [3.05, 3.63) is 143 Å². The standard InChI is InChI=1S/C38H36O6/c1-5-17-41-38-35(42-24-30-13-9-27(6-2)10-14-30)20-32(21-36(38)43-25-31-15-11-28(7-3)12-16-31)26-44-37-33(22-39)18-29(8-4)19-34(37)23-40/h4-7,9-16,18-21,39-40H,1-3,17,22-26H2. The highest BCUT2D eigenvalue weighted by Crippen LogP contribution is 2.40. The Kier molecular flexibility index (Phi) is 11.4. The Hall–Kier alpha value is -5.22. The van der Waals surface area contributed by atoms with Crippen molar-refractivity contribution in [1.29, 1.82) is 0 Å². The smallest absolute Gasteiger partial charge is 0.203 e. The van der Waals surface area contributed by atoms with Crippen LogP contribution >= 0.6 is 0 Å². The molecule has 0 spiro atoms. The number of terminal acetylenes is 1. The Morgan fingerprint density at radius 3 is 1.50 bits per heavy atom. The highest BCUT2D eigenvalue weighted by Gasteiger charge is 2.18. The summed E-state index contributed by atoms with van der Waals surface area (Å²) in [5, 5.41) is 20.0. The summed E-state index contributed by atoms with van der Waals surface area (Å²) < 4.78 is 24.8. The normalized spacial score (nSPS) is 10.4. The van der Waals surface area contributed by atoms with Gasteiger partial charge in [0.15, 0.2) is 11.5 Å². The van der Waals surface area contributed by atoms with E-state index in [2.05, 4.69) is 25.7 Å². The zero-order chi connectivity index (χ0) is 31.3. The van der Waals surface area contributed by atoms with Crippen LogP contribution in [0.5, 0.6) is 23.0 Å². The highest BCUT2D eigenvalue weighted by molar-refractivity contribution is 5.55. The monoisotopic (exact) mass is 588 g/mol. The van der Waals surface area contributed by atoms with Gasteiger partial charge in [-0.3, -0.25) is 0 Å². The van der Waals surface area contributed by atoms with Crippen LogP contribution in [0.2, 0.25) is 0 Å². The largest absolute Gasteiger partial charge is 0.488 e. The number of aliphatic hydroxyl groups excluding tert-OH is 2. The number of benzene rings is 4. The van der Waals surface area contributed by atoms with E-state index in [0.29, 0.717) is 39.7 Å². The maximum atomic E-state index is 9.98. The average molecular weight is 589 g/mol. The highest BCUT2D eigenvalue weighted by atomic mass is 16.5. The van der Waals surface area contributed by atoms with Gasteiger partial charge in [0, 0.05) is 16.7 Å². The fourth-order valence-corrected chi connectivity index (χ4v) is 4.45. The van der Waals surface area contributed by atoms with E-state index in [-0.39, 0.29) is 39.6 Å². The molecule has 4 aromatic rings. The minimum absolute atomic E-state index is 0.0892. The van der Waals surface area contributed by atoms with E-state index < -0.39 is 0 Å². The van der Waals surface area contributed by atoms with Crippen molar-refractivity contribution in [3.8, 4) is 35.3 Å². The molecule has 0 aromatic heterocycles. The molecule has 0 unspecified atom stereocenters. The molecule has 0 atom stereocenters. The van der Waals surface area contributed by atoms with E-state index in [4.69, 9.17) is 25.4 Å². The van der Waals surface area contributed by atoms with E-state index in [1.165, 1.54) is 0 Å². The lowest BCUT2D eigenvalue weighted by Gasteiger charge is -2.20. The number of rotatable bonds is 16. The molecule has 0 saturated carbocycles. The molecule has 0 saturated heterocycles. The summed E-state index contributed by atoms with van der Waals surface area (Å²) in [5.74, 6) is 4.27. The quantitative estimate of drug-likeness (QED) is 0.106. The molecule has 4 rings (SSSR count). The second-order valence-electron chi connectivity index (χ2n) is 9.86. The van der Waals surface area contributed by atoms with Gasteiger partial charge < -0.3 is 29.2 Å². The lowest BCUT2D eigenvalue weighted by molar-refractivity contribution is 0.236. The van der Waals surface area contributed by atoms with Crippen molar-refractivity contribution >= 4 is 12.2 Å². The Morgan fingerprint density at radius 2 is 1.09 bits per heavy atom. The van der Waals surface area contributed by atoms with Crippen molar-refractivity contribution in [2.45, 2.75) is 33.0 Å². The summed E-state index contributed by atoms with van der Waals surface area (Å²) in [5.41, 5.74) is 6.18. The van der Waals surface area contributed by atoms with E-state index in [9.17, 15) is 10.2 Å². The van der Waals surface area contributed by atoms with E-state index in [1.807, 2.05) is 60.7 Å². The lowest BCUT2D eigenvalue weighted by atomic mass is 10.0. The van der Waals surface area contributed by atoms with Gasteiger partial charge in [0.05, 0.1) is 13.2 Å². The molecule has 0 fully saturated rings. The molecule has 0 aliphatic carbocycles. The van der Waals surface area contributed by atoms with Gasteiger partial charge >= 0.3 is 0 Å². The Morgan fingerprint density at radius 1 is 0.614 bits per heavy atom. The Balaban J connectivity index is 1.68. The second-order valence-corrected chi connectivity index (χ2v) is 9.86. The van der Waals surface area contributed by atoms with Crippen LogP contribution in [-0.2, 0) is 33.0 Å². The van der Waals surface area contributed by atoms with E-state index >= 15 is 0 Å². The molecule has 0 bridgehead atoms. The third kappa shape index (κ3) is 8.20. The first-order valence-corrected chi connectivity index (χ1v) is 14.1. The number of hydrogen-bond acceptors (Lipinski definition) is 6. The number of hydrogen-bond donors (Lipinski definition) is 2. The molecule has 0 radical (unpaired) electrons. The molecule has 0 amide bonds. The molecular weight excluding hydrogens is 552 g/mol. The van der Waals surface area contributed by atoms with Crippen molar-refractivity contribution in [3.63, 3.8) is 0 Å². The Bertz CT molecular complexity index is 1530. The van der Waals surface area contributed by atoms with Gasteiger partial charge in [-0.1, -0.05) is 92.4 Å². The molecule has 0 aliphatic heterocycles. The summed E-state index contributed by atoms with van der Waals surface area (Å²) in [6, 6.07) is 22.8. The van der Waals surface area contributed by atoms with Crippen molar-refractivity contribution in [2.75, 3.05) is 6.61 Å². The molecule has 224 valence electrons. The third-order valence-corrected chi connectivity index (χ3v) is 6.78. The zero-order valence-electron chi connectivity index (χ0n) is 24.6. The van der Waals surface area contributed by atoms with Crippen LogP contribution in [0.3, 0.4) is 0 Å². The van der Waals surface area contributed by atoms with Crippen molar-refractivity contribution < 1.29 is 29.2 Å². The maximum Gasteiger partial charge on any atom is 0.203 e. The van der Waals surface area contributed by atoms with Gasteiger partial charge in [0.2, 0.25) is 5.75 Å². The van der Waals surface area contributed by atoms with Gasteiger partial charge in [0.1, 0.15) is 32.2 Å². The first kappa shape index (κ1) is 31.7. The Labute approximate surface area is 259 Å². The molecule has 6 heteroatoms. The van der Waals surface area contributed by atoms with Crippen LogP contribution in [0, 0.1) is 12.3 Å². The predicted octanol–water partition coefficient (Wildman–Crippen LogP) is 7.24. The van der Waals surface area contributed by atoms with Crippen LogP contribution in [0.25, 0.3) is 12.2 Å². The SMILES string of the molecule is C#Cc1cc(CO)c(OCc2cc(OCc3ccc(C=C)cc3)c(OCC=C)c(OCc3ccc(C=C)cc3)c2)c(CO)c1. The fourth-order valence-electron chi connectivity index (χ4n) is 4.45. The van der Waals surface area contributed by atoms with Gasteiger partial charge in [-0.25, -0.2) is 0 Å².